The first kappa shape index (κ1) is 45.5. The molecule has 2 N–H and O–H groups in total. The number of allylic oxidation sites excluding steroid dienone is 4. The first-order valence-electron chi connectivity index (χ1n) is 18.2. The molecule has 0 fully saturated rings. The van der Waals surface area contributed by atoms with Crippen LogP contribution in [0.5, 0.6) is 11.5 Å². The number of hydrogen-bond acceptors (Lipinski definition) is 16. The van der Waals surface area contributed by atoms with Crippen molar-refractivity contribution in [1.29, 1.82) is 0 Å². The van der Waals surface area contributed by atoms with Gasteiger partial charge in [-0.05, 0) is 78.0 Å². The molecule has 4 rings (SSSR count). The van der Waals surface area contributed by atoms with Gasteiger partial charge in [-0.15, -0.1) is 0 Å². The first-order chi connectivity index (χ1) is 28.2. The summed E-state index contributed by atoms with van der Waals surface area (Å²) in [6.45, 7) is 9.56. The van der Waals surface area contributed by atoms with Crippen molar-refractivity contribution in [3.8, 4) is 11.5 Å². The van der Waals surface area contributed by atoms with Crippen LogP contribution in [-0.4, -0.2) is 84.5 Å². The number of nitrogens with one attached hydrogen (secondary N) is 2. The molecule has 4 atom stereocenters. The molecule has 0 aromatic heterocycles. The van der Waals surface area contributed by atoms with Gasteiger partial charge in [0.1, 0.15) is 34.5 Å². The van der Waals surface area contributed by atoms with Gasteiger partial charge in [-0.1, -0.05) is 60.7 Å². The summed E-state index contributed by atoms with van der Waals surface area (Å²) in [5.74, 6) is -9.41. The van der Waals surface area contributed by atoms with E-state index in [1.165, 1.54) is 86.9 Å². The third-order valence-electron chi connectivity index (χ3n) is 8.23. The highest BCUT2D eigenvalue weighted by molar-refractivity contribution is 6.11. The van der Waals surface area contributed by atoms with Crippen molar-refractivity contribution in [2.45, 2.75) is 63.9 Å². The van der Waals surface area contributed by atoms with Crippen molar-refractivity contribution in [1.82, 2.24) is 10.6 Å². The maximum atomic E-state index is 14.5. The molecule has 4 unspecified atom stereocenters. The van der Waals surface area contributed by atoms with Gasteiger partial charge < -0.3 is 39.1 Å². The predicted molar refractivity (Wildman–Crippen MR) is 208 cm³/mol. The molecule has 18 heteroatoms. The minimum atomic E-state index is -2.54. The summed E-state index contributed by atoms with van der Waals surface area (Å²) < 4.78 is 32.2. The molecule has 2 aliphatic rings. The third kappa shape index (κ3) is 10.8. The van der Waals surface area contributed by atoms with E-state index in [0.29, 0.717) is 0 Å². The average molecular weight is 833 g/mol. The summed E-state index contributed by atoms with van der Waals surface area (Å²) in [6, 6.07) is 10.8. The molecular formula is C42H44N2O16. The van der Waals surface area contributed by atoms with E-state index in [-0.39, 0.29) is 22.6 Å². The van der Waals surface area contributed by atoms with Crippen molar-refractivity contribution in [3.63, 3.8) is 0 Å². The molecule has 0 heterocycles. The Hall–Kier alpha value is -7.24. The molecule has 0 spiro atoms. The second-order valence-corrected chi connectivity index (χ2v) is 14.9. The van der Waals surface area contributed by atoms with Gasteiger partial charge in [0.25, 0.3) is 0 Å². The van der Waals surface area contributed by atoms with Crippen LogP contribution in [0.4, 0.5) is 19.2 Å². The highest BCUT2D eigenvalue weighted by atomic mass is 17.2. The zero-order valence-electron chi connectivity index (χ0n) is 33.9. The normalized spacial score (nSPS) is 20.4. The van der Waals surface area contributed by atoms with E-state index in [0.717, 1.165) is 24.3 Å². The maximum absolute atomic E-state index is 14.5. The summed E-state index contributed by atoms with van der Waals surface area (Å²) in [7, 11) is 2.39. The molecule has 0 saturated carbocycles. The van der Waals surface area contributed by atoms with Crippen LogP contribution in [0.25, 0.3) is 0 Å². The number of ether oxygens (including phenoxy) is 6. The SMILES string of the molecule is CNC(=O)OC1(C(=O)c2ccccc2OC(=O)OC(C)(C)C)C=CC=CC1C(=O)OOC(=O)C1C=CC=CC1(OC(=O)NC)C(=O)c1ccccc1OC(=O)OC(C)(C)C. The van der Waals surface area contributed by atoms with Gasteiger partial charge in [0.15, 0.2) is 0 Å². The quantitative estimate of drug-likeness (QED) is 0.0692. The summed E-state index contributed by atoms with van der Waals surface area (Å²) in [6.07, 6.45) is 4.98. The largest absolute Gasteiger partial charge is 0.514 e. The molecule has 0 bridgehead atoms. The Morgan fingerprint density at radius 3 is 1.22 bits per heavy atom. The van der Waals surface area contributed by atoms with Gasteiger partial charge in [-0.2, -0.15) is 0 Å². The fraction of sp³-hybridized carbons (Fsp3) is 0.333. The lowest BCUT2D eigenvalue weighted by Gasteiger charge is -2.35. The van der Waals surface area contributed by atoms with E-state index in [9.17, 15) is 38.4 Å². The van der Waals surface area contributed by atoms with Crippen molar-refractivity contribution >= 4 is 48.0 Å². The van der Waals surface area contributed by atoms with Gasteiger partial charge >= 0.3 is 36.4 Å². The molecule has 2 aliphatic carbocycles. The van der Waals surface area contributed by atoms with E-state index in [1.54, 1.807) is 41.5 Å². The maximum Gasteiger partial charge on any atom is 0.514 e. The highest BCUT2D eigenvalue weighted by Gasteiger charge is 2.55. The molecule has 0 radical (unpaired) electrons. The average Bonchev–Trinajstić information content (AvgIpc) is 3.18. The number of alkyl carbamates (subject to hydrolysis) is 2. The molecule has 2 amide bonds. The van der Waals surface area contributed by atoms with Crippen LogP contribution >= 0.6 is 0 Å². The second-order valence-electron chi connectivity index (χ2n) is 14.9. The molecule has 0 saturated heterocycles. The number of rotatable bonds is 10. The molecule has 18 nitrogen and oxygen atoms in total. The van der Waals surface area contributed by atoms with Crippen LogP contribution in [0.2, 0.25) is 0 Å². The summed E-state index contributed by atoms with van der Waals surface area (Å²) in [5, 5.41) is 4.41. The molecule has 318 valence electrons. The molecule has 60 heavy (non-hydrogen) atoms. The number of hydrogen-bond donors (Lipinski definition) is 2. The minimum Gasteiger partial charge on any atom is -0.429 e. The Kier molecular flexibility index (Phi) is 14.1. The number of carbonyl (C=O) groups is 8. The van der Waals surface area contributed by atoms with E-state index >= 15 is 0 Å². The second kappa shape index (κ2) is 18.6. The number of carbonyl (C=O) groups excluding carboxylic acids is 8. The smallest absolute Gasteiger partial charge is 0.429 e. The Balaban J connectivity index is 1.68. The fourth-order valence-corrected chi connectivity index (χ4v) is 5.69. The van der Waals surface area contributed by atoms with Gasteiger partial charge in [0.2, 0.25) is 22.8 Å². The molecule has 2 aromatic carbocycles. The van der Waals surface area contributed by atoms with Crippen molar-refractivity contribution in [2.75, 3.05) is 14.1 Å². The fourth-order valence-electron chi connectivity index (χ4n) is 5.69. The van der Waals surface area contributed by atoms with Gasteiger partial charge in [-0.3, -0.25) is 9.59 Å². The number of amides is 2. The van der Waals surface area contributed by atoms with Crippen LogP contribution in [0.1, 0.15) is 62.3 Å². The van der Waals surface area contributed by atoms with Crippen molar-refractivity contribution in [2.24, 2.45) is 11.8 Å². The zero-order valence-corrected chi connectivity index (χ0v) is 33.9. The molecule has 2 aromatic rings. The Morgan fingerprint density at radius 2 is 0.883 bits per heavy atom. The standard InChI is InChI=1S/C42H44N2O16/c1-39(2,3)57-37(51)53-29-21-11-9-17-25(29)31(45)41(55-35(49)43-7)23-15-13-19-27(41)33(47)59-60-34(48)28-20-14-16-24-42(28,56-36(50)44-8)32(46)26-18-10-12-22-30(26)54-38(52)58-40(4,5)6/h9-24,27-28H,1-8H3,(H,43,49)(H,44,50). The molecule has 0 aliphatic heterocycles. The monoisotopic (exact) mass is 832 g/mol. The van der Waals surface area contributed by atoms with Gasteiger partial charge in [0, 0.05) is 14.1 Å². The van der Waals surface area contributed by atoms with Crippen molar-refractivity contribution in [3.05, 3.63) is 108 Å². The van der Waals surface area contributed by atoms with Crippen LogP contribution < -0.4 is 20.1 Å². The van der Waals surface area contributed by atoms with Gasteiger partial charge in [0.05, 0.1) is 11.1 Å². The van der Waals surface area contributed by atoms with Crippen LogP contribution in [-0.2, 0) is 38.3 Å². The Labute approximate surface area is 344 Å². The summed E-state index contributed by atoms with van der Waals surface area (Å²) in [4.78, 5) is 117. The number of para-hydroxylation sites is 2. The highest BCUT2D eigenvalue weighted by Crippen LogP contribution is 2.39. The van der Waals surface area contributed by atoms with E-state index in [1.807, 2.05) is 0 Å². The number of benzene rings is 2. The zero-order chi connectivity index (χ0) is 44.5. The lowest BCUT2D eigenvalue weighted by Crippen LogP contribution is -2.54. The lowest BCUT2D eigenvalue weighted by molar-refractivity contribution is -0.267. The number of Topliss-reactive ketones (excluding diaryl/α,β-unsaturated/α-hetero) is 2. The third-order valence-corrected chi connectivity index (χ3v) is 8.23. The van der Waals surface area contributed by atoms with Crippen LogP contribution in [0.3, 0.4) is 0 Å². The van der Waals surface area contributed by atoms with Gasteiger partial charge in [-0.25, -0.2) is 38.5 Å². The molecular weight excluding hydrogens is 788 g/mol. The summed E-state index contributed by atoms with van der Waals surface area (Å²) in [5.41, 5.74) is -7.67. The number of ketones is 2. The first-order valence-corrected chi connectivity index (χ1v) is 18.2. The van der Waals surface area contributed by atoms with E-state index < -0.39 is 82.2 Å². The topological polar surface area (TPSA) is 234 Å². The minimum absolute atomic E-state index is 0.314. The Bertz CT molecular complexity index is 2010. The van der Waals surface area contributed by atoms with Crippen LogP contribution in [0, 0.1) is 11.8 Å². The summed E-state index contributed by atoms with van der Waals surface area (Å²) >= 11 is 0. The van der Waals surface area contributed by atoms with Crippen molar-refractivity contribution < 1.29 is 76.6 Å². The van der Waals surface area contributed by atoms with E-state index in [4.69, 9.17) is 38.2 Å². The van der Waals surface area contributed by atoms with Crippen LogP contribution in [0.15, 0.2) is 97.1 Å². The van der Waals surface area contributed by atoms with E-state index in [2.05, 4.69) is 10.6 Å². The lowest BCUT2D eigenvalue weighted by atomic mass is 9.77. The Morgan fingerprint density at radius 1 is 0.533 bits per heavy atom. The predicted octanol–water partition coefficient (Wildman–Crippen LogP) is 6.06.